The topological polar surface area (TPSA) is 35.5 Å². The Bertz CT molecular complexity index is 684. The van der Waals surface area contributed by atoms with Crippen LogP contribution in [-0.2, 0) is 14.3 Å². The number of ketones is 1. The predicted octanol–water partition coefficient (Wildman–Crippen LogP) is 4.27. The van der Waals surface area contributed by atoms with E-state index in [0.717, 1.165) is 16.7 Å². The number of thiocarbonyl (C=S) groups is 1. The van der Waals surface area contributed by atoms with E-state index in [0.29, 0.717) is 17.8 Å². The molecule has 0 radical (unpaired) electrons. The van der Waals surface area contributed by atoms with Crippen molar-refractivity contribution in [1.82, 2.24) is 0 Å². The van der Waals surface area contributed by atoms with Crippen molar-refractivity contribution in [2.45, 2.75) is 41.0 Å². The molecule has 0 fully saturated rings. The zero-order chi connectivity index (χ0) is 16.7. The normalized spacial score (nSPS) is 16.9. The average Bonchev–Trinajstić information content (AvgIpc) is 2.63. The van der Waals surface area contributed by atoms with Crippen molar-refractivity contribution in [1.29, 1.82) is 0 Å². The number of carbonyl (C=O) groups is 1. The van der Waals surface area contributed by atoms with Crippen LogP contribution in [0.5, 0.6) is 0 Å². The number of methoxy groups -OCH3 is 1. The van der Waals surface area contributed by atoms with Gasteiger partial charge in [0.25, 0.3) is 0 Å². The van der Waals surface area contributed by atoms with Crippen molar-refractivity contribution in [2.75, 3.05) is 7.11 Å². The first-order valence-corrected chi connectivity index (χ1v) is 7.70. The lowest BCUT2D eigenvalue weighted by Crippen LogP contribution is -2.16. The van der Waals surface area contributed by atoms with Crippen LogP contribution in [-0.4, -0.2) is 18.1 Å². The molecule has 2 rings (SSSR count). The van der Waals surface area contributed by atoms with Gasteiger partial charge in [-0.25, -0.2) is 0 Å². The summed E-state index contributed by atoms with van der Waals surface area (Å²) >= 11 is 5.03. The van der Waals surface area contributed by atoms with Crippen LogP contribution in [0.1, 0.15) is 42.5 Å². The number of rotatable bonds is 2. The third-order valence-electron chi connectivity index (χ3n) is 4.19. The van der Waals surface area contributed by atoms with Crippen molar-refractivity contribution in [3.05, 3.63) is 40.1 Å². The van der Waals surface area contributed by atoms with Gasteiger partial charge in [0.05, 0.1) is 12.7 Å². The number of carbonyl (C=O) groups excluding carboxylic acids is 1. The minimum Gasteiger partial charge on any atom is -0.460 e. The highest BCUT2D eigenvalue weighted by molar-refractivity contribution is 7.79. The highest BCUT2D eigenvalue weighted by Crippen LogP contribution is 2.45. The van der Waals surface area contributed by atoms with Crippen LogP contribution in [0.25, 0.3) is 5.57 Å². The zero-order valence-electron chi connectivity index (χ0n) is 14.0. The van der Waals surface area contributed by atoms with Crippen molar-refractivity contribution in [3.63, 3.8) is 0 Å². The molecule has 0 aliphatic heterocycles. The van der Waals surface area contributed by atoms with E-state index < -0.39 is 0 Å². The second-order valence-corrected chi connectivity index (χ2v) is 6.83. The lowest BCUT2D eigenvalue weighted by Gasteiger charge is -2.22. The number of hydrogen-bond donors (Lipinski definition) is 0. The molecule has 1 aromatic rings. The van der Waals surface area contributed by atoms with Gasteiger partial charge in [-0.3, -0.25) is 4.79 Å². The van der Waals surface area contributed by atoms with E-state index >= 15 is 0 Å². The lowest BCUT2D eigenvalue weighted by atomic mass is 9.91. The van der Waals surface area contributed by atoms with Crippen molar-refractivity contribution >= 4 is 28.8 Å². The van der Waals surface area contributed by atoms with Crippen LogP contribution < -0.4 is 0 Å². The number of aryl methyl sites for hydroxylation is 3. The molecule has 0 bridgehead atoms. The molecule has 1 aliphatic rings. The monoisotopic (exact) mass is 318 g/mol. The Hall–Kier alpha value is -1.68. The summed E-state index contributed by atoms with van der Waals surface area (Å²) in [4.78, 5) is 12.6. The van der Waals surface area contributed by atoms with E-state index in [4.69, 9.17) is 21.7 Å². The summed E-state index contributed by atoms with van der Waals surface area (Å²) < 4.78 is 10.7. The molecule has 0 unspecified atom stereocenters. The molecule has 3 nitrogen and oxygen atoms in total. The highest BCUT2D eigenvalue weighted by atomic mass is 32.1. The molecule has 118 valence electrons. The van der Waals surface area contributed by atoms with Crippen molar-refractivity contribution in [3.8, 4) is 0 Å². The van der Waals surface area contributed by atoms with Crippen LogP contribution >= 0.6 is 12.2 Å². The quantitative estimate of drug-likeness (QED) is 0.763. The second kappa shape index (κ2) is 5.84. The highest BCUT2D eigenvalue weighted by Gasteiger charge is 2.42. The van der Waals surface area contributed by atoms with Crippen molar-refractivity contribution < 1.29 is 14.3 Å². The summed E-state index contributed by atoms with van der Waals surface area (Å²) in [5, 5.41) is 0.0387. The van der Waals surface area contributed by atoms with E-state index in [2.05, 4.69) is 19.1 Å². The van der Waals surface area contributed by atoms with Gasteiger partial charge in [0, 0.05) is 24.1 Å². The fourth-order valence-corrected chi connectivity index (χ4v) is 2.93. The van der Waals surface area contributed by atoms with Crippen LogP contribution in [0, 0.1) is 26.2 Å². The van der Waals surface area contributed by atoms with E-state index in [1.807, 2.05) is 27.7 Å². The molecule has 0 heterocycles. The maximum atomic E-state index is 12.6. The Morgan fingerprint density at radius 3 is 2.32 bits per heavy atom. The van der Waals surface area contributed by atoms with E-state index in [1.54, 1.807) is 0 Å². The van der Waals surface area contributed by atoms with Gasteiger partial charge in [0.1, 0.15) is 5.76 Å². The minimum atomic E-state index is -0.389. The Balaban J connectivity index is 2.66. The average molecular weight is 318 g/mol. The summed E-state index contributed by atoms with van der Waals surface area (Å²) in [6, 6.07) is 4.15. The number of benzene rings is 1. The molecular formula is C18H22O3S. The molecule has 1 aromatic carbocycles. The molecule has 0 spiro atoms. The molecule has 22 heavy (non-hydrogen) atoms. The molecule has 0 saturated heterocycles. The SMILES string of the molecule is COC(=S)OC1=C(c2cc(C)c(C)cc2C)C(=O)CC1(C)C. The fraction of sp³-hybridized carbons (Fsp3) is 0.444. The van der Waals surface area contributed by atoms with Gasteiger partial charge >= 0.3 is 5.24 Å². The number of hydrogen-bond acceptors (Lipinski definition) is 4. The molecule has 4 heteroatoms. The standard InChI is InChI=1S/C18H22O3S/c1-10-7-12(3)13(8-11(10)2)15-14(19)9-18(4,5)16(15)21-17(22)20-6/h7-8H,9H2,1-6H3. The minimum absolute atomic E-state index is 0.0387. The third-order valence-corrected chi connectivity index (χ3v) is 4.44. The van der Waals surface area contributed by atoms with Crippen LogP contribution in [0.15, 0.2) is 17.9 Å². The molecule has 0 saturated carbocycles. The second-order valence-electron chi connectivity index (χ2n) is 6.50. The van der Waals surface area contributed by atoms with Gasteiger partial charge < -0.3 is 9.47 Å². The molecule has 0 N–H and O–H groups in total. The maximum Gasteiger partial charge on any atom is 0.357 e. The molecular weight excluding hydrogens is 296 g/mol. The summed E-state index contributed by atoms with van der Waals surface area (Å²) in [6.45, 7) is 10.1. The van der Waals surface area contributed by atoms with Gasteiger partial charge in [-0.2, -0.15) is 0 Å². The first kappa shape index (κ1) is 16.7. The van der Waals surface area contributed by atoms with E-state index in [9.17, 15) is 4.79 Å². The molecule has 0 atom stereocenters. The van der Waals surface area contributed by atoms with Crippen molar-refractivity contribution in [2.24, 2.45) is 5.41 Å². The van der Waals surface area contributed by atoms with E-state index in [1.165, 1.54) is 12.7 Å². The summed E-state index contributed by atoms with van der Waals surface area (Å²) in [5.41, 5.74) is 4.59. The number of ether oxygens (including phenoxy) is 2. The van der Waals surface area contributed by atoms with Crippen LogP contribution in [0.3, 0.4) is 0 Å². The maximum absolute atomic E-state index is 12.6. The molecule has 0 amide bonds. The fourth-order valence-electron chi connectivity index (χ4n) is 2.85. The Labute approximate surface area is 137 Å². The largest absolute Gasteiger partial charge is 0.460 e. The molecule has 0 aromatic heterocycles. The summed E-state index contributed by atoms with van der Waals surface area (Å²) in [6.07, 6.45) is 0.413. The summed E-state index contributed by atoms with van der Waals surface area (Å²) in [5.74, 6) is 0.695. The van der Waals surface area contributed by atoms with Gasteiger partial charge in [0.2, 0.25) is 0 Å². The third kappa shape index (κ3) is 2.93. The van der Waals surface area contributed by atoms with Gasteiger partial charge in [0.15, 0.2) is 5.78 Å². The summed E-state index contributed by atoms with van der Waals surface area (Å²) in [7, 11) is 1.47. The Morgan fingerprint density at radius 1 is 1.14 bits per heavy atom. The van der Waals surface area contributed by atoms with Crippen LogP contribution in [0.2, 0.25) is 0 Å². The Morgan fingerprint density at radius 2 is 1.73 bits per heavy atom. The van der Waals surface area contributed by atoms with E-state index in [-0.39, 0.29) is 16.4 Å². The van der Waals surface area contributed by atoms with Gasteiger partial charge in [-0.05, 0) is 43.0 Å². The lowest BCUT2D eigenvalue weighted by molar-refractivity contribution is -0.114. The first-order chi connectivity index (χ1) is 10.2. The zero-order valence-corrected chi connectivity index (χ0v) is 14.8. The number of allylic oxidation sites excluding steroid dienone is 2. The van der Waals surface area contributed by atoms with Gasteiger partial charge in [-0.15, -0.1) is 0 Å². The predicted molar refractivity (Wildman–Crippen MR) is 91.7 cm³/mol. The number of Topliss-reactive ketones (excluding diaryl/α,β-unsaturated/α-hetero) is 1. The Kier molecular flexibility index (Phi) is 4.43. The van der Waals surface area contributed by atoms with Gasteiger partial charge in [-0.1, -0.05) is 26.0 Å². The smallest absolute Gasteiger partial charge is 0.357 e. The first-order valence-electron chi connectivity index (χ1n) is 7.29. The van der Waals surface area contributed by atoms with Crippen LogP contribution in [0.4, 0.5) is 0 Å². The molecule has 1 aliphatic carbocycles.